The van der Waals surface area contributed by atoms with Gasteiger partial charge in [-0.25, -0.2) is 4.79 Å². The van der Waals surface area contributed by atoms with Gasteiger partial charge in [0.25, 0.3) is 5.91 Å². The molecule has 5 heteroatoms. The molecule has 0 aromatic heterocycles. The van der Waals surface area contributed by atoms with Crippen molar-refractivity contribution in [1.82, 2.24) is 4.90 Å². The largest absolute Gasteiger partial charge is 0.484 e. The standard InChI is InChI=1S/C14H17NO4/c1-10-4-2-5-11(8-10)19-9-13(16)15-7-3-6-12(15)14(17)18/h2,4-5,8,12H,3,6-7,9H2,1H3,(H,17,18)/t12-/m1/s1. The monoisotopic (exact) mass is 263 g/mol. The third kappa shape index (κ3) is 3.24. The predicted octanol–water partition coefficient (Wildman–Crippen LogP) is 1.45. The van der Waals surface area contributed by atoms with E-state index in [0.717, 1.165) is 12.0 Å². The number of rotatable bonds is 4. The Morgan fingerprint density at radius 2 is 2.26 bits per heavy atom. The Hall–Kier alpha value is -2.04. The third-order valence-corrected chi connectivity index (χ3v) is 3.21. The molecule has 1 aliphatic heterocycles. The molecule has 0 bridgehead atoms. The first-order valence-corrected chi connectivity index (χ1v) is 6.29. The lowest BCUT2D eigenvalue weighted by atomic mass is 10.2. The minimum atomic E-state index is -0.943. The number of ether oxygens (including phenoxy) is 1. The van der Waals surface area contributed by atoms with Crippen LogP contribution in [0.3, 0.4) is 0 Å². The molecule has 0 saturated carbocycles. The molecule has 102 valence electrons. The second-order valence-corrected chi connectivity index (χ2v) is 4.69. The molecule has 0 aliphatic carbocycles. The fourth-order valence-electron chi connectivity index (χ4n) is 2.26. The van der Waals surface area contributed by atoms with Gasteiger partial charge in [-0.05, 0) is 37.5 Å². The van der Waals surface area contributed by atoms with Crippen molar-refractivity contribution in [2.24, 2.45) is 0 Å². The molecular weight excluding hydrogens is 246 g/mol. The lowest BCUT2D eigenvalue weighted by molar-refractivity contribution is -0.148. The highest BCUT2D eigenvalue weighted by atomic mass is 16.5. The Kier molecular flexibility index (Phi) is 4.04. The quantitative estimate of drug-likeness (QED) is 0.892. The maximum atomic E-state index is 12.0. The number of carboxylic acids is 1. The van der Waals surface area contributed by atoms with Gasteiger partial charge in [-0.1, -0.05) is 12.1 Å². The van der Waals surface area contributed by atoms with Crippen LogP contribution in [-0.2, 0) is 9.59 Å². The summed E-state index contributed by atoms with van der Waals surface area (Å²) in [4.78, 5) is 24.3. The summed E-state index contributed by atoms with van der Waals surface area (Å²) in [5, 5.41) is 9.02. The number of amides is 1. The number of nitrogens with zero attached hydrogens (tertiary/aromatic N) is 1. The molecule has 5 nitrogen and oxygen atoms in total. The number of carbonyl (C=O) groups excluding carboxylic acids is 1. The second-order valence-electron chi connectivity index (χ2n) is 4.69. The van der Waals surface area contributed by atoms with E-state index < -0.39 is 12.0 Å². The fourth-order valence-corrected chi connectivity index (χ4v) is 2.26. The van der Waals surface area contributed by atoms with Crippen LogP contribution in [0, 0.1) is 6.92 Å². The van der Waals surface area contributed by atoms with E-state index in [2.05, 4.69) is 0 Å². The third-order valence-electron chi connectivity index (χ3n) is 3.21. The fraction of sp³-hybridized carbons (Fsp3) is 0.429. The van der Waals surface area contributed by atoms with Crippen LogP contribution in [0.1, 0.15) is 18.4 Å². The lowest BCUT2D eigenvalue weighted by Crippen LogP contribution is -2.42. The Morgan fingerprint density at radius 3 is 2.95 bits per heavy atom. The minimum absolute atomic E-state index is 0.118. The van der Waals surface area contributed by atoms with Crippen LogP contribution < -0.4 is 4.74 Å². The number of carbonyl (C=O) groups is 2. The van der Waals surface area contributed by atoms with Gasteiger partial charge in [0, 0.05) is 6.54 Å². The molecule has 0 unspecified atom stereocenters. The van der Waals surface area contributed by atoms with Crippen molar-refractivity contribution in [3.05, 3.63) is 29.8 Å². The molecule has 1 N–H and O–H groups in total. The maximum absolute atomic E-state index is 12.0. The zero-order valence-corrected chi connectivity index (χ0v) is 10.8. The summed E-state index contributed by atoms with van der Waals surface area (Å²) < 4.78 is 5.40. The number of carboxylic acid groups (broad SMARTS) is 1. The highest BCUT2D eigenvalue weighted by molar-refractivity contribution is 5.85. The Balaban J connectivity index is 1.92. The Labute approximate surface area is 111 Å². The van der Waals surface area contributed by atoms with Gasteiger partial charge in [0.2, 0.25) is 0 Å². The van der Waals surface area contributed by atoms with Crippen molar-refractivity contribution in [1.29, 1.82) is 0 Å². The van der Waals surface area contributed by atoms with Crippen molar-refractivity contribution in [2.75, 3.05) is 13.2 Å². The molecule has 1 saturated heterocycles. The molecule has 1 heterocycles. The van der Waals surface area contributed by atoms with E-state index >= 15 is 0 Å². The van der Waals surface area contributed by atoms with Crippen LogP contribution in [0.25, 0.3) is 0 Å². The average Bonchev–Trinajstić information content (AvgIpc) is 2.85. The van der Waals surface area contributed by atoms with Gasteiger partial charge < -0.3 is 14.7 Å². The van der Waals surface area contributed by atoms with E-state index in [1.54, 1.807) is 6.07 Å². The molecule has 1 atom stereocenters. The molecule has 0 spiro atoms. The number of aliphatic carboxylic acids is 1. The van der Waals surface area contributed by atoms with Crippen molar-refractivity contribution >= 4 is 11.9 Å². The smallest absolute Gasteiger partial charge is 0.326 e. The van der Waals surface area contributed by atoms with Crippen molar-refractivity contribution in [3.8, 4) is 5.75 Å². The van der Waals surface area contributed by atoms with Crippen molar-refractivity contribution < 1.29 is 19.4 Å². The highest BCUT2D eigenvalue weighted by Crippen LogP contribution is 2.18. The maximum Gasteiger partial charge on any atom is 0.326 e. The SMILES string of the molecule is Cc1cccc(OCC(=O)N2CCC[C@@H]2C(=O)O)c1. The van der Waals surface area contributed by atoms with E-state index in [1.807, 2.05) is 25.1 Å². The second kappa shape index (κ2) is 5.73. The molecule has 1 fully saturated rings. The Morgan fingerprint density at radius 1 is 1.47 bits per heavy atom. The summed E-state index contributed by atoms with van der Waals surface area (Å²) in [5.41, 5.74) is 1.05. The topological polar surface area (TPSA) is 66.8 Å². The lowest BCUT2D eigenvalue weighted by Gasteiger charge is -2.21. The van der Waals surface area contributed by atoms with Crippen molar-refractivity contribution in [3.63, 3.8) is 0 Å². The van der Waals surface area contributed by atoms with Gasteiger partial charge >= 0.3 is 5.97 Å². The van der Waals surface area contributed by atoms with Gasteiger partial charge in [-0.15, -0.1) is 0 Å². The first-order valence-electron chi connectivity index (χ1n) is 6.29. The average molecular weight is 263 g/mol. The van der Waals surface area contributed by atoms with Crippen molar-refractivity contribution in [2.45, 2.75) is 25.8 Å². The summed E-state index contributed by atoms with van der Waals surface area (Å²) in [6, 6.07) is 6.71. The van der Waals surface area contributed by atoms with E-state index in [4.69, 9.17) is 9.84 Å². The Bertz CT molecular complexity index is 486. The van der Waals surface area contributed by atoms with Crippen LogP contribution in [0.2, 0.25) is 0 Å². The van der Waals surface area contributed by atoms with Crippen LogP contribution in [0.5, 0.6) is 5.75 Å². The number of hydrogen-bond acceptors (Lipinski definition) is 3. The highest BCUT2D eigenvalue weighted by Gasteiger charge is 2.33. The summed E-state index contributed by atoms with van der Waals surface area (Å²) in [6.45, 7) is 2.32. The summed E-state index contributed by atoms with van der Waals surface area (Å²) in [6.07, 6.45) is 1.25. The summed E-state index contributed by atoms with van der Waals surface area (Å²) in [5.74, 6) is -0.591. The van der Waals surface area contributed by atoms with E-state index in [9.17, 15) is 9.59 Å². The zero-order valence-electron chi connectivity index (χ0n) is 10.8. The van der Waals surface area contributed by atoms with Gasteiger partial charge in [-0.3, -0.25) is 4.79 Å². The first kappa shape index (κ1) is 13.4. The normalized spacial score (nSPS) is 18.4. The first-order chi connectivity index (χ1) is 9.08. The van der Waals surface area contributed by atoms with Gasteiger partial charge in [0.1, 0.15) is 11.8 Å². The summed E-state index contributed by atoms with van der Waals surface area (Å²) >= 11 is 0. The van der Waals surface area contributed by atoms with Gasteiger partial charge in [-0.2, -0.15) is 0 Å². The van der Waals surface area contributed by atoms with Crippen LogP contribution >= 0.6 is 0 Å². The number of aryl methyl sites for hydroxylation is 1. The summed E-state index contributed by atoms with van der Waals surface area (Å²) in [7, 11) is 0. The van der Waals surface area contributed by atoms with Gasteiger partial charge in [0.05, 0.1) is 0 Å². The molecule has 0 radical (unpaired) electrons. The molecule has 2 rings (SSSR count). The molecule has 1 aromatic carbocycles. The minimum Gasteiger partial charge on any atom is -0.484 e. The van der Waals surface area contributed by atoms with E-state index in [-0.39, 0.29) is 12.5 Å². The molecule has 1 aliphatic rings. The van der Waals surface area contributed by atoms with Gasteiger partial charge in [0.15, 0.2) is 6.61 Å². The van der Waals surface area contributed by atoms with Crippen LogP contribution in [0.15, 0.2) is 24.3 Å². The van der Waals surface area contributed by atoms with E-state index in [1.165, 1.54) is 4.90 Å². The predicted molar refractivity (Wildman–Crippen MR) is 69.0 cm³/mol. The van der Waals surface area contributed by atoms with Crippen LogP contribution in [0.4, 0.5) is 0 Å². The molecule has 19 heavy (non-hydrogen) atoms. The molecule has 1 aromatic rings. The molecular formula is C14H17NO4. The van der Waals surface area contributed by atoms with E-state index in [0.29, 0.717) is 18.7 Å². The number of likely N-dealkylation sites (tertiary alicyclic amines) is 1. The van der Waals surface area contributed by atoms with Crippen LogP contribution in [-0.4, -0.2) is 41.1 Å². The zero-order chi connectivity index (χ0) is 13.8. The number of benzene rings is 1. The number of hydrogen-bond donors (Lipinski definition) is 1. The molecule has 1 amide bonds.